The zero-order valence-electron chi connectivity index (χ0n) is 10.6. The Morgan fingerprint density at radius 1 is 1.25 bits per heavy atom. The summed E-state index contributed by atoms with van der Waals surface area (Å²) in [7, 11) is 0. The molecule has 1 amide bonds. The van der Waals surface area contributed by atoms with Crippen molar-refractivity contribution in [3.05, 3.63) is 52.0 Å². The van der Waals surface area contributed by atoms with Crippen molar-refractivity contribution in [3.8, 4) is 0 Å². The maximum absolute atomic E-state index is 12.2. The molecule has 0 bridgehead atoms. The molecule has 6 heteroatoms. The summed E-state index contributed by atoms with van der Waals surface area (Å²) in [5, 5.41) is 3.31. The summed E-state index contributed by atoms with van der Waals surface area (Å²) in [5.74, 6) is -0.284. The van der Waals surface area contributed by atoms with Gasteiger partial charge in [-0.2, -0.15) is 0 Å². The number of benzene rings is 2. The molecule has 0 radical (unpaired) electrons. The van der Waals surface area contributed by atoms with E-state index in [1.165, 1.54) is 12.1 Å². The third kappa shape index (κ3) is 3.39. The van der Waals surface area contributed by atoms with Crippen LogP contribution < -0.4 is 11.1 Å². The van der Waals surface area contributed by atoms with E-state index in [1.54, 1.807) is 11.8 Å². The van der Waals surface area contributed by atoms with Crippen molar-refractivity contribution in [2.24, 2.45) is 0 Å². The number of nitrogen functional groups attached to an aromatic ring is 1. The number of hydrogen-bond acceptors (Lipinski definition) is 3. The second-order valence-electron chi connectivity index (χ2n) is 4.05. The van der Waals surface area contributed by atoms with Crippen LogP contribution in [0.2, 0.25) is 10.0 Å². The van der Waals surface area contributed by atoms with Crippen molar-refractivity contribution in [3.63, 3.8) is 0 Å². The minimum absolute atomic E-state index is 0.257. The van der Waals surface area contributed by atoms with E-state index in [-0.39, 0.29) is 21.6 Å². The second kappa shape index (κ2) is 6.39. The Balaban J connectivity index is 2.23. The Morgan fingerprint density at radius 2 is 2.00 bits per heavy atom. The molecule has 3 nitrogen and oxygen atoms in total. The van der Waals surface area contributed by atoms with Gasteiger partial charge in [-0.15, -0.1) is 11.8 Å². The van der Waals surface area contributed by atoms with Gasteiger partial charge in [0.15, 0.2) is 0 Å². The minimum atomic E-state index is -0.284. The van der Waals surface area contributed by atoms with E-state index < -0.39 is 0 Å². The fourth-order valence-corrected chi connectivity index (χ4v) is 2.44. The predicted molar refractivity (Wildman–Crippen MR) is 87.1 cm³/mol. The van der Waals surface area contributed by atoms with E-state index in [9.17, 15) is 4.79 Å². The molecule has 0 heterocycles. The lowest BCUT2D eigenvalue weighted by atomic mass is 10.2. The van der Waals surface area contributed by atoms with Crippen LogP contribution in [0.25, 0.3) is 0 Å². The first-order chi connectivity index (χ1) is 9.51. The van der Waals surface area contributed by atoms with Crippen LogP contribution in [0, 0.1) is 0 Å². The molecule has 3 N–H and O–H groups in total. The highest BCUT2D eigenvalue weighted by atomic mass is 35.5. The molecule has 0 fully saturated rings. The zero-order valence-corrected chi connectivity index (χ0v) is 12.9. The summed E-state index contributed by atoms with van der Waals surface area (Å²) in [5.41, 5.74) is 7.06. The molecule has 0 aromatic heterocycles. The molecule has 0 aliphatic carbocycles. The summed E-state index contributed by atoms with van der Waals surface area (Å²) in [6.07, 6.45) is 1.97. The Hall–Kier alpha value is -1.36. The molecule has 0 aliphatic heterocycles. The average Bonchev–Trinajstić information content (AvgIpc) is 2.44. The molecule has 0 saturated carbocycles. The molecule has 0 spiro atoms. The van der Waals surface area contributed by atoms with Crippen molar-refractivity contribution in [2.45, 2.75) is 4.90 Å². The van der Waals surface area contributed by atoms with Crippen LogP contribution in [-0.4, -0.2) is 12.2 Å². The predicted octanol–water partition coefficient (Wildman–Crippen LogP) is 4.55. The summed E-state index contributed by atoms with van der Waals surface area (Å²) < 4.78 is 0. The van der Waals surface area contributed by atoms with Crippen LogP contribution in [0.3, 0.4) is 0 Å². The number of carbonyl (C=O) groups excluding carboxylic acids is 1. The van der Waals surface area contributed by atoms with Gasteiger partial charge in [-0.05, 0) is 36.6 Å². The van der Waals surface area contributed by atoms with Gasteiger partial charge < -0.3 is 11.1 Å². The average molecular weight is 327 g/mol. The maximum atomic E-state index is 12.2. The molecule has 20 heavy (non-hydrogen) atoms. The van der Waals surface area contributed by atoms with Gasteiger partial charge in [-0.1, -0.05) is 29.3 Å². The summed E-state index contributed by atoms with van der Waals surface area (Å²) in [6.45, 7) is 0. The fourth-order valence-electron chi connectivity index (χ4n) is 1.65. The topological polar surface area (TPSA) is 55.1 Å². The van der Waals surface area contributed by atoms with Crippen LogP contribution >= 0.6 is 35.0 Å². The fraction of sp³-hybridized carbons (Fsp3) is 0.0714. The number of anilines is 2. The Kier molecular flexibility index (Phi) is 4.81. The standard InChI is InChI=1S/C14H12Cl2N2OS/c1-20-10-4-2-3-9(7-10)18-14(19)8-5-11(15)13(16)12(17)6-8/h2-7H,17H2,1H3,(H,18,19). The number of halogens is 2. The van der Waals surface area contributed by atoms with Crippen LogP contribution in [-0.2, 0) is 0 Å². The van der Waals surface area contributed by atoms with Gasteiger partial charge in [0.25, 0.3) is 5.91 Å². The van der Waals surface area contributed by atoms with Gasteiger partial charge in [0.1, 0.15) is 0 Å². The Bertz CT molecular complexity index is 638. The third-order valence-corrected chi connectivity index (χ3v) is 4.19. The quantitative estimate of drug-likeness (QED) is 0.642. The number of nitrogens with two attached hydrogens (primary N) is 1. The van der Waals surface area contributed by atoms with Gasteiger partial charge in [0.2, 0.25) is 0 Å². The lowest BCUT2D eigenvalue weighted by Crippen LogP contribution is -2.12. The lowest BCUT2D eigenvalue weighted by molar-refractivity contribution is 0.102. The molecule has 0 saturated heterocycles. The summed E-state index contributed by atoms with van der Waals surface area (Å²) in [6, 6.07) is 10.6. The SMILES string of the molecule is CSc1cccc(NC(=O)c2cc(N)c(Cl)c(Cl)c2)c1. The van der Waals surface area contributed by atoms with Gasteiger partial charge in [0, 0.05) is 16.1 Å². The van der Waals surface area contributed by atoms with Crippen molar-refractivity contribution in [2.75, 3.05) is 17.3 Å². The smallest absolute Gasteiger partial charge is 0.255 e. The maximum Gasteiger partial charge on any atom is 0.255 e. The number of carbonyl (C=O) groups is 1. The van der Waals surface area contributed by atoms with Gasteiger partial charge >= 0.3 is 0 Å². The number of nitrogens with one attached hydrogen (secondary N) is 1. The van der Waals surface area contributed by atoms with E-state index in [1.807, 2.05) is 30.5 Å². The van der Waals surface area contributed by atoms with E-state index in [2.05, 4.69) is 5.32 Å². The Labute approximate surface area is 131 Å². The number of rotatable bonds is 3. The number of amides is 1. The van der Waals surface area contributed by atoms with Gasteiger partial charge in [0.05, 0.1) is 15.7 Å². The van der Waals surface area contributed by atoms with Crippen LogP contribution in [0.15, 0.2) is 41.3 Å². The van der Waals surface area contributed by atoms with E-state index in [4.69, 9.17) is 28.9 Å². The zero-order chi connectivity index (χ0) is 14.7. The molecule has 0 atom stereocenters. The Morgan fingerprint density at radius 3 is 2.65 bits per heavy atom. The van der Waals surface area contributed by atoms with Crippen molar-refractivity contribution < 1.29 is 4.79 Å². The molecule has 0 unspecified atom stereocenters. The monoisotopic (exact) mass is 326 g/mol. The minimum Gasteiger partial charge on any atom is -0.397 e. The van der Waals surface area contributed by atoms with Crippen LogP contribution in [0.1, 0.15) is 10.4 Å². The molecule has 2 aromatic carbocycles. The molecular weight excluding hydrogens is 315 g/mol. The summed E-state index contributed by atoms with van der Waals surface area (Å²) >= 11 is 13.4. The van der Waals surface area contributed by atoms with E-state index in [0.717, 1.165) is 4.90 Å². The highest BCUT2D eigenvalue weighted by Gasteiger charge is 2.11. The number of thioether (sulfide) groups is 1. The van der Waals surface area contributed by atoms with Crippen molar-refractivity contribution >= 4 is 52.2 Å². The van der Waals surface area contributed by atoms with Crippen molar-refractivity contribution in [1.82, 2.24) is 0 Å². The molecule has 2 aromatic rings. The molecular formula is C14H12Cl2N2OS. The first-order valence-electron chi connectivity index (χ1n) is 5.71. The third-order valence-electron chi connectivity index (χ3n) is 2.65. The molecule has 104 valence electrons. The highest BCUT2D eigenvalue weighted by Crippen LogP contribution is 2.29. The van der Waals surface area contributed by atoms with E-state index in [0.29, 0.717) is 11.3 Å². The molecule has 0 aliphatic rings. The normalized spacial score (nSPS) is 10.3. The van der Waals surface area contributed by atoms with Crippen LogP contribution in [0.4, 0.5) is 11.4 Å². The lowest BCUT2D eigenvalue weighted by Gasteiger charge is -2.08. The first kappa shape index (κ1) is 15.0. The van der Waals surface area contributed by atoms with Crippen LogP contribution in [0.5, 0.6) is 0 Å². The molecule has 2 rings (SSSR count). The van der Waals surface area contributed by atoms with Gasteiger partial charge in [-0.3, -0.25) is 4.79 Å². The number of hydrogen-bond donors (Lipinski definition) is 2. The van der Waals surface area contributed by atoms with Gasteiger partial charge in [-0.25, -0.2) is 0 Å². The highest BCUT2D eigenvalue weighted by molar-refractivity contribution is 7.98. The first-order valence-corrected chi connectivity index (χ1v) is 7.69. The summed E-state index contributed by atoms with van der Waals surface area (Å²) in [4.78, 5) is 13.2. The largest absolute Gasteiger partial charge is 0.397 e. The second-order valence-corrected chi connectivity index (χ2v) is 5.71. The van der Waals surface area contributed by atoms with Crippen molar-refractivity contribution in [1.29, 1.82) is 0 Å². The van der Waals surface area contributed by atoms with E-state index >= 15 is 0 Å².